The van der Waals surface area contributed by atoms with Crippen molar-refractivity contribution in [3.8, 4) is 0 Å². The Labute approximate surface area is 106 Å². The molecule has 0 saturated carbocycles. The van der Waals surface area contributed by atoms with Crippen molar-refractivity contribution in [2.24, 2.45) is 0 Å². The maximum absolute atomic E-state index is 11.4. The second kappa shape index (κ2) is 4.24. The monoisotopic (exact) mass is 262 g/mol. The van der Waals surface area contributed by atoms with Crippen LogP contribution in [0.2, 0.25) is 0 Å². The van der Waals surface area contributed by atoms with Gasteiger partial charge in [0.25, 0.3) is 0 Å². The Balaban J connectivity index is 1.92. The lowest BCUT2D eigenvalue weighted by Crippen LogP contribution is -2.21. The van der Waals surface area contributed by atoms with Crippen molar-refractivity contribution in [3.63, 3.8) is 0 Å². The van der Waals surface area contributed by atoms with Gasteiger partial charge in [0.1, 0.15) is 5.82 Å². The Morgan fingerprint density at radius 3 is 2.83 bits per heavy atom. The Morgan fingerprint density at radius 2 is 2.06 bits per heavy atom. The number of rotatable bonds is 2. The highest BCUT2D eigenvalue weighted by molar-refractivity contribution is 7.91. The summed E-state index contributed by atoms with van der Waals surface area (Å²) in [4.78, 5) is 4.31. The van der Waals surface area contributed by atoms with Crippen molar-refractivity contribution in [1.29, 1.82) is 0 Å². The van der Waals surface area contributed by atoms with Gasteiger partial charge >= 0.3 is 0 Å². The van der Waals surface area contributed by atoms with Crippen molar-refractivity contribution in [3.05, 3.63) is 36.5 Å². The van der Waals surface area contributed by atoms with Crippen molar-refractivity contribution in [2.75, 3.05) is 16.8 Å². The average Bonchev–Trinajstić information content (AvgIpc) is 2.69. The third kappa shape index (κ3) is 2.18. The molecule has 2 heterocycles. The molecule has 3 rings (SSSR count). The molecule has 1 fully saturated rings. The molecule has 1 atom stereocenters. The second-order valence-electron chi connectivity index (χ2n) is 4.62. The molecule has 0 aliphatic carbocycles. The quantitative estimate of drug-likeness (QED) is 0.897. The van der Waals surface area contributed by atoms with Crippen LogP contribution >= 0.6 is 0 Å². The summed E-state index contributed by atoms with van der Waals surface area (Å²) >= 11 is 0. The van der Waals surface area contributed by atoms with E-state index in [1.54, 1.807) is 6.20 Å². The molecular formula is C13H14N2O2S. The minimum absolute atomic E-state index is 0.0201. The molecule has 1 aliphatic rings. The zero-order valence-corrected chi connectivity index (χ0v) is 10.7. The minimum Gasteiger partial charge on any atom is -0.366 e. The zero-order chi connectivity index (χ0) is 12.6. The molecule has 1 saturated heterocycles. The van der Waals surface area contributed by atoms with Gasteiger partial charge in [0.2, 0.25) is 0 Å². The van der Waals surface area contributed by atoms with Crippen molar-refractivity contribution < 1.29 is 8.42 Å². The van der Waals surface area contributed by atoms with Crippen LogP contribution in [-0.2, 0) is 9.84 Å². The smallest absolute Gasteiger partial charge is 0.152 e. The molecule has 0 bridgehead atoms. The van der Waals surface area contributed by atoms with E-state index in [-0.39, 0.29) is 17.5 Å². The first-order valence-corrected chi connectivity index (χ1v) is 7.77. The normalized spacial score (nSPS) is 22.1. The van der Waals surface area contributed by atoms with E-state index in [9.17, 15) is 8.42 Å². The lowest BCUT2D eigenvalue weighted by molar-refractivity contribution is 0.602. The van der Waals surface area contributed by atoms with Crippen LogP contribution in [0.4, 0.5) is 5.82 Å². The van der Waals surface area contributed by atoms with E-state index < -0.39 is 9.84 Å². The number of anilines is 1. The van der Waals surface area contributed by atoms with Crippen LogP contribution < -0.4 is 5.32 Å². The fourth-order valence-electron chi connectivity index (χ4n) is 2.34. The number of nitrogens with one attached hydrogen (secondary N) is 1. The van der Waals surface area contributed by atoms with E-state index in [1.807, 2.05) is 30.3 Å². The van der Waals surface area contributed by atoms with Gasteiger partial charge in [-0.15, -0.1) is 0 Å². The molecule has 0 amide bonds. The van der Waals surface area contributed by atoms with E-state index in [0.717, 1.165) is 16.6 Å². The van der Waals surface area contributed by atoms with Gasteiger partial charge in [-0.05, 0) is 17.9 Å². The van der Waals surface area contributed by atoms with Gasteiger partial charge < -0.3 is 5.32 Å². The lowest BCUT2D eigenvalue weighted by Gasteiger charge is -2.13. The number of sulfone groups is 1. The average molecular weight is 262 g/mol. The fraction of sp³-hybridized carbons (Fsp3) is 0.308. The van der Waals surface area contributed by atoms with Crippen molar-refractivity contribution in [1.82, 2.24) is 4.98 Å². The molecule has 1 aromatic carbocycles. The molecule has 1 aliphatic heterocycles. The summed E-state index contributed by atoms with van der Waals surface area (Å²) in [6.45, 7) is 0. The lowest BCUT2D eigenvalue weighted by atomic mass is 10.1. The highest BCUT2D eigenvalue weighted by atomic mass is 32.2. The van der Waals surface area contributed by atoms with Crippen LogP contribution in [0.5, 0.6) is 0 Å². The molecule has 2 aromatic rings. The van der Waals surface area contributed by atoms with Gasteiger partial charge in [-0.1, -0.05) is 24.3 Å². The Hall–Kier alpha value is -1.62. The van der Waals surface area contributed by atoms with E-state index in [0.29, 0.717) is 6.42 Å². The zero-order valence-electron chi connectivity index (χ0n) is 9.83. The summed E-state index contributed by atoms with van der Waals surface area (Å²) in [5, 5.41) is 5.39. The number of fused-ring (bicyclic) bond motifs is 1. The summed E-state index contributed by atoms with van der Waals surface area (Å²) in [6, 6.07) is 9.88. The standard InChI is InChI=1S/C13H14N2O2S/c16-18(17)8-6-11(9-18)15-13-12-4-2-1-3-10(12)5-7-14-13/h1-5,7,11H,6,8-9H2,(H,14,15). The van der Waals surface area contributed by atoms with E-state index in [2.05, 4.69) is 10.3 Å². The summed E-state index contributed by atoms with van der Waals surface area (Å²) in [5.41, 5.74) is 0. The molecule has 18 heavy (non-hydrogen) atoms. The molecule has 0 spiro atoms. The third-order valence-electron chi connectivity index (χ3n) is 3.25. The molecule has 94 valence electrons. The summed E-state index contributed by atoms with van der Waals surface area (Å²) in [5.74, 6) is 1.25. The fourth-order valence-corrected chi connectivity index (χ4v) is 4.01. The summed E-state index contributed by atoms with van der Waals surface area (Å²) < 4.78 is 22.9. The third-order valence-corrected chi connectivity index (χ3v) is 5.01. The Morgan fingerprint density at radius 1 is 1.22 bits per heavy atom. The first kappa shape index (κ1) is 11.5. The number of pyridine rings is 1. The SMILES string of the molecule is O=S1(=O)CCC(Nc2nccc3ccccc23)C1. The predicted molar refractivity (Wildman–Crippen MR) is 72.4 cm³/mol. The van der Waals surface area contributed by atoms with E-state index in [4.69, 9.17) is 0 Å². The maximum Gasteiger partial charge on any atom is 0.152 e. The molecule has 5 heteroatoms. The van der Waals surface area contributed by atoms with Gasteiger partial charge in [0.05, 0.1) is 11.5 Å². The van der Waals surface area contributed by atoms with Crippen LogP contribution in [0.1, 0.15) is 6.42 Å². The molecular weight excluding hydrogens is 248 g/mol. The first-order valence-electron chi connectivity index (χ1n) is 5.95. The number of hydrogen-bond acceptors (Lipinski definition) is 4. The van der Waals surface area contributed by atoms with E-state index in [1.165, 1.54) is 0 Å². The minimum atomic E-state index is -2.86. The molecule has 0 radical (unpaired) electrons. The van der Waals surface area contributed by atoms with Crippen LogP contribution in [0.3, 0.4) is 0 Å². The largest absolute Gasteiger partial charge is 0.366 e. The highest BCUT2D eigenvalue weighted by Crippen LogP contribution is 2.23. The van der Waals surface area contributed by atoms with Gasteiger partial charge in [0.15, 0.2) is 9.84 Å². The van der Waals surface area contributed by atoms with Crippen LogP contribution in [0.15, 0.2) is 36.5 Å². The summed E-state index contributed by atoms with van der Waals surface area (Å²) in [6.07, 6.45) is 2.40. The molecule has 1 unspecified atom stereocenters. The maximum atomic E-state index is 11.4. The van der Waals surface area contributed by atoms with Crippen LogP contribution in [-0.4, -0.2) is 30.9 Å². The first-order chi connectivity index (χ1) is 8.64. The molecule has 1 aromatic heterocycles. The van der Waals surface area contributed by atoms with Crippen LogP contribution in [0, 0.1) is 0 Å². The number of hydrogen-bond donors (Lipinski definition) is 1. The highest BCUT2D eigenvalue weighted by Gasteiger charge is 2.28. The van der Waals surface area contributed by atoms with E-state index >= 15 is 0 Å². The Kier molecular flexibility index (Phi) is 2.70. The topological polar surface area (TPSA) is 59.1 Å². The van der Waals surface area contributed by atoms with Gasteiger partial charge in [0, 0.05) is 17.6 Å². The Bertz CT molecular complexity index is 677. The number of aromatic nitrogens is 1. The van der Waals surface area contributed by atoms with Gasteiger partial charge in [-0.3, -0.25) is 0 Å². The second-order valence-corrected chi connectivity index (χ2v) is 6.85. The van der Waals surface area contributed by atoms with Gasteiger partial charge in [-0.2, -0.15) is 0 Å². The predicted octanol–water partition coefficient (Wildman–Crippen LogP) is 1.83. The molecule has 1 N–H and O–H groups in total. The summed E-state index contributed by atoms with van der Waals surface area (Å²) in [7, 11) is -2.86. The molecule has 4 nitrogen and oxygen atoms in total. The van der Waals surface area contributed by atoms with Gasteiger partial charge in [-0.25, -0.2) is 13.4 Å². The van der Waals surface area contributed by atoms with Crippen molar-refractivity contribution in [2.45, 2.75) is 12.5 Å². The number of nitrogens with zero attached hydrogens (tertiary/aromatic N) is 1. The number of benzene rings is 1. The van der Waals surface area contributed by atoms with Crippen LogP contribution in [0.25, 0.3) is 10.8 Å². The van der Waals surface area contributed by atoms with Crippen molar-refractivity contribution >= 4 is 26.4 Å².